The summed E-state index contributed by atoms with van der Waals surface area (Å²) < 4.78 is 0. The topological polar surface area (TPSA) is 20.2 Å². The molecule has 10 atom stereocenters. The third-order valence-electron chi connectivity index (χ3n) is 10.8. The standard InChI is InChI=1S/C27H47BrO/c1-17(2)7-6-8-18(3)21-11-12-22-20-10-9-19-15-25(29)24(28)16-27(19,5)23(20)13-14-26(21,22)4/h17-25,29H,6-16H2,1-5H3/t18-,19+,20+,21-,22+,23+,24-,25-,26-,27+/m1/s1. The molecule has 0 spiro atoms. The van der Waals surface area contributed by atoms with Crippen molar-refractivity contribution < 1.29 is 5.11 Å². The van der Waals surface area contributed by atoms with E-state index in [2.05, 4.69) is 50.5 Å². The highest BCUT2D eigenvalue weighted by molar-refractivity contribution is 9.09. The molecule has 1 N–H and O–H groups in total. The number of fused-ring (bicyclic) bond motifs is 5. The summed E-state index contributed by atoms with van der Waals surface area (Å²) in [5, 5.41) is 10.5. The van der Waals surface area contributed by atoms with Crippen molar-refractivity contribution in [3.05, 3.63) is 0 Å². The zero-order valence-corrected chi connectivity index (χ0v) is 21.4. The van der Waals surface area contributed by atoms with Gasteiger partial charge in [0, 0.05) is 4.83 Å². The van der Waals surface area contributed by atoms with Crippen LogP contribution in [0.3, 0.4) is 0 Å². The molecule has 168 valence electrons. The molecule has 4 aliphatic carbocycles. The van der Waals surface area contributed by atoms with Gasteiger partial charge in [0.25, 0.3) is 0 Å². The molecule has 4 fully saturated rings. The Morgan fingerprint density at radius 3 is 2.38 bits per heavy atom. The predicted molar refractivity (Wildman–Crippen MR) is 127 cm³/mol. The maximum atomic E-state index is 10.5. The van der Waals surface area contributed by atoms with E-state index < -0.39 is 0 Å². The van der Waals surface area contributed by atoms with Crippen molar-refractivity contribution in [3.8, 4) is 0 Å². The van der Waals surface area contributed by atoms with Gasteiger partial charge in [-0.25, -0.2) is 0 Å². The first-order valence-corrected chi connectivity index (χ1v) is 13.9. The van der Waals surface area contributed by atoms with Crippen molar-refractivity contribution in [3.63, 3.8) is 0 Å². The minimum atomic E-state index is -0.124. The fourth-order valence-corrected chi connectivity index (χ4v) is 10.2. The van der Waals surface area contributed by atoms with Crippen LogP contribution in [0, 0.1) is 52.3 Å². The second-order valence-corrected chi connectivity index (χ2v) is 13.9. The van der Waals surface area contributed by atoms with Gasteiger partial charge in [-0.05, 0) is 104 Å². The van der Waals surface area contributed by atoms with Crippen LogP contribution >= 0.6 is 15.9 Å². The lowest BCUT2D eigenvalue weighted by Crippen LogP contribution is -2.56. The molecule has 4 saturated carbocycles. The fourth-order valence-electron chi connectivity index (χ4n) is 9.26. The lowest BCUT2D eigenvalue weighted by molar-refractivity contribution is -0.127. The summed E-state index contributed by atoms with van der Waals surface area (Å²) in [7, 11) is 0. The zero-order chi connectivity index (χ0) is 21.0. The van der Waals surface area contributed by atoms with Crippen LogP contribution in [-0.4, -0.2) is 16.0 Å². The number of hydrogen-bond donors (Lipinski definition) is 1. The van der Waals surface area contributed by atoms with E-state index in [-0.39, 0.29) is 6.10 Å². The molecular formula is C27H47BrO. The van der Waals surface area contributed by atoms with Gasteiger partial charge >= 0.3 is 0 Å². The van der Waals surface area contributed by atoms with Crippen LogP contribution in [0.1, 0.15) is 105 Å². The summed E-state index contributed by atoms with van der Waals surface area (Å²) in [6, 6.07) is 0. The number of halogens is 1. The van der Waals surface area contributed by atoms with E-state index in [1.165, 1.54) is 64.2 Å². The van der Waals surface area contributed by atoms with Gasteiger partial charge in [0.2, 0.25) is 0 Å². The average Bonchev–Trinajstić information content (AvgIpc) is 3.00. The van der Waals surface area contributed by atoms with Crippen molar-refractivity contribution in [2.75, 3.05) is 0 Å². The van der Waals surface area contributed by atoms with Gasteiger partial charge in [0.15, 0.2) is 0 Å². The van der Waals surface area contributed by atoms with E-state index in [4.69, 9.17) is 0 Å². The monoisotopic (exact) mass is 466 g/mol. The van der Waals surface area contributed by atoms with Gasteiger partial charge in [-0.15, -0.1) is 0 Å². The van der Waals surface area contributed by atoms with Crippen molar-refractivity contribution in [2.45, 2.75) is 116 Å². The molecule has 1 nitrogen and oxygen atoms in total. The van der Waals surface area contributed by atoms with Gasteiger partial charge in [0.1, 0.15) is 0 Å². The van der Waals surface area contributed by atoms with E-state index in [1.807, 2.05) is 0 Å². The summed E-state index contributed by atoms with van der Waals surface area (Å²) in [5.41, 5.74) is 1.06. The SMILES string of the molecule is CC(C)CCC[C@@H](C)[C@H]1CC[C@H]2[C@@H]3CC[C@H]4C[C@@H](O)[C@H](Br)C[C@]4(C)[C@H]3CC[C@]12C. The third-order valence-corrected chi connectivity index (χ3v) is 11.8. The van der Waals surface area contributed by atoms with Crippen LogP contribution < -0.4 is 0 Å². The molecule has 0 bridgehead atoms. The number of alkyl halides is 1. The summed E-state index contributed by atoms with van der Waals surface area (Å²) in [6.07, 6.45) is 15.1. The Morgan fingerprint density at radius 1 is 0.931 bits per heavy atom. The van der Waals surface area contributed by atoms with Crippen molar-refractivity contribution in [2.24, 2.45) is 52.3 Å². The lowest BCUT2D eigenvalue weighted by atomic mass is 9.44. The lowest BCUT2D eigenvalue weighted by Gasteiger charge is -2.61. The normalized spacial score (nSPS) is 50.7. The summed E-state index contributed by atoms with van der Waals surface area (Å²) in [4.78, 5) is 0.313. The highest BCUT2D eigenvalue weighted by atomic mass is 79.9. The van der Waals surface area contributed by atoms with Crippen LogP contribution in [0.2, 0.25) is 0 Å². The van der Waals surface area contributed by atoms with Gasteiger partial charge in [-0.2, -0.15) is 0 Å². The van der Waals surface area contributed by atoms with E-state index in [9.17, 15) is 5.11 Å². The fraction of sp³-hybridized carbons (Fsp3) is 1.00. The Bertz CT molecular complexity index is 575. The van der Waals surface area contributed by atoms with Gasteiger partial charge < -0.3 is 5.11 Å². The second kappa shape index (κ2) is 8.42. The van der Waals surface area contributed by atoms with E-state index in [1.54, 1.807) is 0 Å². The minimum Gasteiger partial charge on any atom is -0.392 e. The van der Waals surface area contributed by atoms with E-state index in [0.717, 1.165) is 47.8 Å². The molecule has 0 unspecified atom stereocenters. The molecule has 0 aromatic carbocycles. The second-order valence-electron chi connectivity index (χ2n) is 12.7. The molecule has 2 heteroatoms. The minimum absolute atomic E-state index is 0.124. The highest BCUT2D eigenvalue weighted by Crippen LogP contribution is 2.68. The largest absolute Gasteiger partial charge is 0.392 e. The first-order valence-electron chi connectivity index (χ1n) is 13.0. The summed E-state index contributed by atoms with van der Waals surface area (Å²) >= 11 is 3.85. The summed E-state index contributed by atoms with van der Waals surface area (Å²) in [5.74, 6) is 6.31. The van der Waals surface area contributed by atoms with Gasteiger partial charge in [0.05, 0.1) is 6.10 Å². The number of aliphatic hydroxyl groups excluding tert-OH is 1. The zero-order valence-electron chi connectivity index (χ0n) is 19.8. The van der Waals surface area contributed by atoms with Crippen LogP contribution in [0.25, 0.3) is 0 Å². The maximum Gasteiger partial charge on any atom is 0.0668 e. The molecule has 4 rings (SSSR count). The molecule has 0 heterocycles. The number of rotatable bonds is 5. The molecular weight excluding hydrogens is 420 g/mol. The van der Waals surface area contributed by atoms with Crippen LogP contribution in [0.5, 0.6) is 0 Å². The molecule has 29 heavy (non-hydrogen) atoms. The predicted octanol–water partition coefficient (Wildman–Crippen LogP) is 7.84. The Kier molecular flexibility index (Phi) is 6.57. The van der Waals surface area contributed by atoms with Crippen LogP contribution in [-0.2, 0) is 0 Å². The number of aliphatic hydroxyl groups is 1. The first kappa shape index (κ1) is 22.6. The quantitative estimate of drug-likeness (QED) is 0.408. The van der Waals surface area contributed by atoms with Gasteiger partial charge in [-0.3, -0.25) is 0 Å². The molecule has 4 aliphatic rings. The maximum absolute atomic E-state index is 10.5. The number of hydrogen-bond acceptors (Lipinski definition) is 1. The average molecular weight is 468 g/mol. The molecule has 0 amide bonds. The highest BCUT2D eigenvalue weighted by Gasteiger charge is 2.61. The Hall–Kier alpha value is 0.440. The van der Waals surface area contributed by atoms with Crippen LogP contribution in [0.4, 0.5) is 0 Å². The van der Waals surface area contributed by atoms with E-state index >= 15 is 0 Å². The van der Waals surface area contributed by atoms with Crippen molar-refractivity contribution >= 4 is 15.9 Å². The molecule has 0 aromatic heterocycles. The van der Waals surface area contributed by atoms with Gasteiger partial charge in [-0.1, -0.05) is 69.8 Å². The van der Waals surface area contributed by atoms with Crippen molar-refractivity contribution in [1.82, 2.24) is 0 Å². The molecule has 0 saturated heterocycles. The third kappa shape index (κ3) is 3.90. The molecule has 0 radical (unpaired) electrons. The Balaban J connectivity index is 1.47. The Labute approximate surface area is 189 Å². The molecule has 0 aliphatic heterocycles. The first-order chi connectivity index (χ1) is 13.7. The molecule has 0 aromatic rings. The Morgan fingerprint density at radius 2 is 1.66 bits per heavy atom. The summed E-state index contributed by atoms with van der Waals surface area (Å²) in [6.45, 7) is 12.6. The smallest absolute Gasteiger partial charge is 0.0668 e. The van der Waals surface area contributed by atoms with Crippen LogP contribution in [0.15, 0.2) is 0 Å². The van der Waals surface area contributed by atoms with E-state index in [0.29, 0.717) is 15.7 Å². The van der Waals surface area contributed by atoms with Crippen molar-refractivity contribution in [1.29, 1.82) is 0 Å².